The van der Waals surface area contributed by atoms with Crippen molar-refractivity contribution in [1.29, 1.82) is 0 Å². The third-order valence-electron chi connectivity index (χ3n) is 5.00. The van der Waals surface area contributed by atoms with Crippen LogP contribution in [0, 0.1) is 5.92 Å². The number of morpholine rings is 1. The number of rotatable bonds is 7. The van der Waals surface area contributed by atoms with Gasteiger partial charge in [0, 0.05) is 13.1 Å². The molecule has 8 heteroatoms. The van der Waals surface area contributed by atoms with Crippen LogP contribution in [0.25, 0.3) is 0 Å². The Balaban J connectivity index is 1.87. The molecule has 2 aromatic rings. The van der Waals surface area contributed by atoms with Crippen LogP contribution in [-0.2, 0) is 14.8 Å². The zero-order valence-electron chi connectivity index (χ0n) is 17.2. The van der Waals surface area contributed by atoms with Gasteiger partial charge < -0.3 is 10.1 Å². The van der Waals surface area contributed by atoms with Crippen molar-refractivity contribution in [2.24, 2.45) is 5.92 Å². The number of benzene rings is 2. The number of halogens is 1. The van der Waals surface area contributed by atoms with E-state index < -0.39 is 15.9 Å². The largest absolute Gasteiger partial charge is 0.379 e. The van der Waals surface area contributed by atoms with Crippen molar-refractivity contribution in [2.45, 2.75) is 31.2 Å². The molecule has 1 amide bonds. The zero-order chi connectivity index (χ0) is 21.7. The maximum atomic E-state index is 13.1. The molecule has 1 fully saturated rings. The van der Waals surface area contributed by atoms with Crippen molar-refractivity contribution < 1.29 is 17.9 Å². The van der Waals surface area contributed by atoms with Crippen molar-refractivity contribution in [2.75, 3.05) is 26.3 Å². The molecule has 0 saturated carbocycles. The van der Waals surface area contributed by atoms with Crippen LogP contribution in [-0.4, -0.2) is 44.9 Å². The van der Waals surface area contributed by atoms with Crippen LogP contribution in [0.4, 0.5) is 0 Å². The smallest absolute Gasteiger partial charge is 0.253 e. The van der Waals surface area contributed by atoms with E-state index in [1.807, 2.05) is 30.3 Å². The first kappa shape index (κ1) is 22.7. The van der Waals surface area contributed by atoms with E-state index in [-0.39, 0.29) is 34.6 Å². The van der Waals surface area contributed by atoms with Crippen LogP contribution in [0.1, 0.15) is 42.2 Å². The van der Waals surface area contributed by atoms with E-state index in [4.69, 9.17) is 16.3 Å². The number of sulfonamides is 1. The van der Waals surface area contributed by atoms with Crippen molar-refractivity contribution in [3.8, 4) is 0 Å². The average molecular weight is 451 g/mol. The Labute approximate surface area is 183 Å². The SMILES string of the molecule is CC(C)CC(NC(=O)c1cc(S(=O)(=O)N2CCOCC2)ccc1Cl)c1ccccc1. The molecule has 0 aromatic heterocycles. The number of ether oxygens (including phenoxy) is 1. The van der Waals surface area contributed by atoms with Gasteiger partial charge in [0.2, 0.25) is 10.0 Å². The zero-order valence-corrected chi connectivity index (χ0v) is 18.7. The van der Waals surface area contributed by atoms with Gasteiger partial charge in [-0.15, -0.1) is 0 Å². The lowest BCUT2D eigenvalue weighted by atomic mass is 9.96. The van der Waals surface area contributed by atoms with E-state index in [9.17, 15) is 13.2 Å². The maximum absolute atomic E-state index is 13.1. The van der Waals surface area contributed by atoms with Crippen LogP contribution in [0.15, 0.2) is 53.4 Å². The Bertz CT molecular complexity index is 974. The fourth-order valence-corrected chi connectivity index (χ4v) is 5.08. The third kappa shape index (κ3) is 5.40. The van der Waals surface area contributed by atoms with Crippen LogP contribution in [0.3, 0.4) is 0 Å². The van der Waals surface area contributed by atoms with E-state index in [1.165, 1.54) is 22.5 Å². The second kappa shape index (κ2) is 9.92. The predicted molar refractivity (Wildman–Crippen MR) is 117 cm³/mol. The Kier molecular flexibility index (Phi) is 7.52. The van der Waals surface area contributed by atoms with Gasteiger partial charge in [-0.05, 0) is 36.1 Å². The third-order valence-corrected chi connectivity index (χ3v) is 7.23. The van der Waals surface area contributed by atoms with Gasteiger partial charge in [-0.2, -0.15) is 4.31 Å². The molecule has 1 saturated heterocycles. The molecule has 30 heavy (non-hydrogen) atoms. The lowest BCUT2D eigenvalue weighted by Crippen LogP contribution is -2.40. The Morgan fingerprint density at radius 1 is 1.13 bits per heavy atom. The van der Waals surface area contributed by atoms with Gasteiger partial charge in [0.25, 0.3) is 5.91 Å². The van der Waals surface area contributed by atoms with Crippen molar-refractivity contribution in [1.82, 2.24) is 9.62 Å². The Morgan fingerprint density at radius 3 is 2.43 bits per heavy atom. The summed E-state index contributed by atoms with van der Waals surface area (Å²) in [4.78, 5) is 13.1. The summed E-state index contributed by atoms with van der Waals surface area (Å²) in [6, 6.07) is 13.8. The molecule has 6 nitrogen and oxygen atoms in total. The molecule has 1 unspecified atom stereocenters. The summed E-state index contributed by atoms with van der Waals surface area (Å²) in [5.41, 5.74) is 1.14. The number of nitrogens with zero attached hydrogens (tertiary/aromatic N) is 1. The summed E-state index contributed by atoms with van der Waals surface area (Å²) in [5.74, 6) is -0.0347. The maximum Gasteiger partial charge on any atom is 0.253 e. The number of nitrogens with one attached hydrogen (secondary N) is 1. The summed E-state index contributed by atoms with van der Waals surface area (Å²) in [6.45, 7) is 5.46. The molecule has 1 heterocycles. The summed E-state index contributed by atoms with van der Waals surface area (Å²) in [5, 5.41) is 3.24. The molecular weight excluding hydrogens is 424 g/mol. The minimum atomic E-state index is -3.72. The van der Waals surface area contributed by atoms with Gasteiger partial charge in [-0.25, -0.2) is 8.42 Å². The highest BCUT2D eigenvalue weighted by Gasteiger charge is 2.28. The van der Waals surface area contributed by atoms with Crippen LogP contribution in [0.2, 0.25) is 5.02 Å². The highest BCUT2D eigenvalue weighted by Crippen LogP contribution is 2.26. The number of amides is 1. The molecule has 0 spiro atoms. The molecule has 162 valence electrons. The van der Waals surface area contributed by atoms with E-state index >= 15 is 0 Å². The van der Waals surface area contributed by atoms with Gasteiger partial charge in [0.1, 0.15) is 0 Å². The lowest BCUT2D eigenvalue weighted by molar-refractivity contribution is 0.0730. The molecule has 2 aromatic carbocycles. The number of hydrogen-bond donors (Lipinski definition) is 1. The Hall–Kier alpha value is -1.93. The second-order valence-electron chi connectivity index (χ2n) is 7.72. The molecular formula is C22H27ClN2O4S. The fourth-order valence-electron chi connectivity index (χ4n) is 3.45. The van der Waals surface area contributed by atoms with Gasteiger partial charge in [-0.3, -0.25) is 4.79 Å². The first-order valence-electron chi connectivity index (χ1n) is 10.0. The predicted octanol–water partition coefficient (Wildman–Crippen LogP) is 3.88. The van der Waals surface area contributed by atoms with E-state index in [0.29, 0.717) is 19.1 Å². The molecule has 1 aliphatic heterocycles. The number of hydrogen-bond acceptors (Lipinski definition) is 4. The molecule has 1 atom stereocenters. The molecule has 0 aliphatic carbocycles. The lowest BCUT2D eigenvalue weighted by Gasteiger charge is -2.26. The number of carbonyl (C=O) groups is 1. The van der Waals surface area contributed by atoms with E-state index in [2.05, 4.69) is 19.2 Å². The van der Waals surface area contributed by atoms with Crippen LogP contribution in [0.5, 0.6) is 0 Å². The van der Waals surface area contributed by atoms with Gasteiger partial charge >= 0.3 is 0 Å². The van der Waals surface area contributed by atoms with Crippen LogP contribution >= 0.6 is 11.6 Å². The average Bonchev–Trinajstić information content (AvgIpc) is 2.74. The fraction of sp³-hybridized carbons (Fsp3) is 0.409. The molecule has 0 bridgehead atoms. The van der Waals surface area contributed by atoms with E-state index in [0.717, 1.165) is 12.0 Å². The standard InChI is InChI=1S/C22H27ClN2O4S/c1-16(2)14-21(17-6-4-3-5-7-17)24-22(26)19-15-18(8-9-20(19)23)30(27,28)25-10-12-29-13-11-25/h3-9,15-16,21H,10-14H2,1-2H3,(H,24,26). The highest BCUT2D eigenvalue weighted by atomic mass is 35.5. The van der Waals surface area contributed by atoms with Crippen molar-refractivity contribution >= 4 is 27.5 Å². The monoisotopic (exact) mass is 450 g/mol. The quantitative estimate of drug-likeness (QED) is 0.694. The van der Waals surface area contributed by atoms with E-state index in [1.54, 1.807) is 0 Å². The highest BCUT2D eigenvalue weighted by molar-refractivity contribution is 7.89. The second-order valence-corrected chi connectivity index (χ2v) is 10.1. The van der Waals surface area contributed by atoms with Crippen LogP contribution < -0.4 is 5.32 Å². The van der Waals surface area contributed by atoms with Gasteiger partial charge in [0.05, 0.1) is 34.7 Å². The molecule has 0 radical (unpaired) electrons. The molecule has 3 rings (SSSR count). The summed E-state index contributed by atoms with van der Waals surface area (Å²) >= 11 is 6.27. The summed E-state index contributed by atoms with van der Waals surface area (Å²) in [6.07, 6.45) is 0.749. The molecule has 1 aliphatic rings. The minimum Gasteiger partial charge on any atom is -0.379 e. The van der Waals surface area contributed by atoms with Crippen molar-refractivity contribution in [3.05, 3.63) is 64.7 Å². The normalized spacial score (nSPS) is 16.4. The first-order chi connectivity index (χ1) is 14.3. The number of carbonyl (C=O) groups excluding carboxylic acids is 1. The summed E-state index contributed by atoms with van der Waals surface area (Å²) < 4.78 is 32.5. The van der Waals surface area contributed by atoms with Gasteiger partial charge in [-0.1, -0.05) is 55.8 Å². The Morgan fingerprint density at radius 2 is 1.80 bits per heavy atom. The van der Waals surface area contributed by atoms with Gasteiger partial charge in [0.15, 0.2) is 0 Å². The topological polar surface area (TPSA) is 75.7 Å². The van der Waals surface area contributed by atoms with Crippen molar-refractivity contribution in [3.63, 3.8) is 0 Å². The first-order valence-corrected chi connectivity index (χ1v) is 11.8. The summed E-state index contributed by atoms with van der Waals surface area (Å²) in [7, 11) is -3.72. The molecule has 1 N–H and O–H groups in total. The minimum absolute atomic E-state index is 0.0547.